The molecular weight excluding hydrogens is 318 g/mol. The smallest absolute Gasteiger partial charge is 0.248 e. The number of amides is 1. The number of hydrogen-bond donors (Lipinski definition) is 6. The Hall–Kier alpha value is -2.33. The van der Waals surface area contributed by atoms with E-state index in [0.717, 1.165) is 0 Å². The van der Waals surface area contributed by atoms with E-state index in [9.17, 15) is 30.0 Å². The van der Waals surface area contributed by atoms with E-state index in [1.165, 1.54) is 18.2 Å². The lowest BCUT2D eigenvalue weighted by Crippen LogP contribution is -2.56. The monoisotopic (exact) mass is 335 g/mol. The second-order valence-electron chi connectivity index (χ2n) is 6.09. The third-order valence-electron chi connectivity index (χ3n) is 4.37. The zero-order valence-electron chi connectivity index (χ0n) is 12.5. The first kappa shape index (κ1) is 16.5. The maximum Gasteiger partial charge on any atom is 0.248 e. The van der Waals surface area contributed by atoms with E-state index in [-0.39, 0.29) is 11.3 Å². The van der Waals surface area contributed by atoms with Crippen molar-refractivity contribution in [2.24, 2.45) is 5.73 Å². The number of hydrogen-bond acceptors (Lipinski definition) is 7. The molecule has 24 heavy (non-hydrogen) atoms. The molecule has 128 valence electrons. The van der Waals surface area contributed by atoms with Crippen LogP contribution in [0.5, 0.6) is 0 Å². The fraction of sp³-hybridized carbons (Fsp3) is 0.400. The Morgan fingerprint density at radius 1 is 1.21 bits per heavy atom. The number of H-pyrrole nitrogens is 1. The summed E-state index contributed by atoms with van der Waals surface area (Å²) < 4.78 is 0. The third kappa shape index (κ3) is 2.57. The van der Waals surface area contributed by atoms with Gasteiger partial charge in [-0.3, -0.25) is 14.7 Å². The molecule has 1 aliphatic rings. The second-order valence-corrected chi connectivity index (χ2v) is 6.09. The molecule has 1 aromatic heterocycles. The number of nitrogens with two attached hydrogens (primary N) is 1. The molecule has 2 aromatic rings. The van der Waals surface area contributed by atoms with Crippen molar-refractivity contribution in [3.8, 4) is 0 Å². The number of fused-ring (bicyclic) bond motifs is 1. The molecule has 1 aliphatic carbocycles. The highest BCUT2D eigenvalue weighted by Gasteiger charge is 2.49. The highest BCUT2D eigenvalue weighted by atomic mass is 16.4. The Balaban J connectivity index is 2.02. The Kier molecular flexibility index (Phi) is 3.88. The minimum Gasteiger partial charge on any atom is -0.390 e. The molecule has 1 heterocycles. The van der Waals surface area contributed by atoms with Crippen LogP contribution in [0.3, 0.4) is 0 Å². The van der Waals surface area contributed by atoms with Crippen LogP contribution >= 0.6 is 0 Å². The summed E-state index contributed by atoms with van der Waals surface area (Å²) in [4.78, 5) is 24.0. The molecule has 0 unspecified atom stereocenters. The molecule has 9 nitrogen and oxygen atoms in total. The van der Waals surface area contributed by atoms with Gasteiger partial charge in [0.2, 0.25) is 11.7 Å². The molecule has 0 spiro atoms. The molecule has 2 atom stereocenters. The number of rotatable bonds is 3. The number of aliphatic hydroxyl groups excluding tert-OH is 3. The van der Waals surface area contributed by atoms with Crippen LogP contribution in [0.15, 0.2) is 18.2 Å². The van der Waals surface area contributed by atoms with Crippen LogP contribution in [0.2, 0.25) is 0 Å². The van der Waals surface area contributed by atoms with Gasteiger partial charge in [0, 0.05) is 23.8 Å². The summed E-state index contributed by atoms with van der Waals surface area (Å²) in [6.45, 7) is 0. The molecule has 1 aromatic carbocycles. The van der Waals surface area contributed by atoms with Crippen molar-refractivity contribution >= 4 is 22.6 Å². The van der Waals surface area contributed by atoms with Gasteiger partial charge in [0.05, 0.1) is 17.7 Å². The SMILES string of the molecule is NC(=O)c1ccc2[nH]nc(C(=O)C3(O)C[C@@H](O)C(O)[C@H](O)C3)c2c1. The number of Topliss-reactive ketones (excluding diaryl/α,β-unsaturated/α-hetero) is 1. The zero-order chi connectivity index (χ0) is 17.6. The van der Waals surface area contributed by atoms with Crippen LogP contribution in [0.4, 0.5) is 0 Å². The summed E-state index contributed by atoms with van der Waals surface area (Å²) in [6, 6.07) is 4.37. The van der Waals surface area contributed by atoms with Gasteiger partial charge in [-0.15, -0.1) is 0 Å². The minimum absolute atomic E-state index is 0.133. The normalized spacial score (nSPS) is 30.4. The van der Waals surface area contributed by atoms with Crippen molar-refractivity contribution in [1.82, 2.24) is 10.2 Å². The van der Waals surface area contributed by atoms with Crippen molar-refractivity contribution in [2.45, 2.75) is 36.8 Å². The molecular formula is C15H17N3O6. The zero-order valence-corrected chi connectivity index (χ0v) is 12.5. The lowest BCUT2D eigenvalue weighted by Gasteiger charge is -2.38. The Bertz CT molecular complexity index is 805. The first-order chi connectivity index (χ1) is 11.2. The van der Waals surface area contributed by atoms with Gasteiger partial charge in [-0.25, -0.2) is 0 Å². The van der Waals surface area contributed by atoms with Crippen molar-refractivity contribution in [1.29, 1.82) is 0 Å². The van der Waals surface area contributed by atoms with Crippen molar-refractivity contribution in [3.63, 3.8) is 0 Å². The molecule has 1 saturated carbocycles. The quantitative estimate of drug-likeness (QED) is 0.369. The van der Waals surface area contributed by atoms with Crippen LogP contribution in [0.25, 0.3) is 10.9 Å². The van der Waals surface area contributed by atoms with E-state index >= 15 is 0 Å². The number of carbonyl (C=O) groups excluding carboxylic acids is 2. The summed E-state index contributed by atoms with van der Waals surface area (Å²) >= 11 is 0. The number of aromatic amines is 1. The Labute approximate surface area is 135 Å². The summed E-state index contributed by atoms with van der Waals surface area (Å²) in [6.07, 6.45) is -5.21. The Morgan fingerprint density at radius 2 is 1.83 bits per heavy atom. The highest BCUT2D eigenvalue weighted by molar-refractivity contribution is 6.11. The maximum absolute atomic E-state index is 12.7. The van der Waals surface area contributed by atoms with Gasteiger partial charge in [0.25, 0.3) is 0 Å². The van der Waals surface area contributed by atoms with Crippen LogP contribution < -0.4 is 5.73 Å². The van der Waals surface area contributed by atoms with E-state index in [1.807, 2.05) is 0 Å². The fourth-order valence-corrected chi connectivity index (χ4v) is 3.02. The molecule has 0 saturated heterocycles. The number of aromatic nitrogens is 2. The number of nitrogens with zero attached hydrogens (tertiary/aromatic N) is 1. The predicted molar refractivity (Wildman–Crippen MR) is 81.1 cm³/mol. The number of ketones is 1. The van der Waals surface area contributed by atoms with Crippen LogP contribution in [0, 0.1) is 0 Å². The summed E-state index contributed by atoms with van der Waals surface area (Å²) in [5.41, 5.74) is 3.64. The van der Waals surface area contributed by atoms with E-state index in [1.54, 1.807) is 0 Å². The van der Waals surface area contributed by atoms with Crippen LogP contribution in [0.1, 0.15) is 33.7 Å². The second kappa shape index (κ2) is 5.64. The molecule has 7 N–H and O–H groups in total. The number of nitrogens with one attached hydrogen (secondary N) is 1. The van der Waals surface area contributed by atoms with E-state index < -0.39 is 48.4 Å². The van der Waals surface area contributed by atoms with Gasteiger partial charge in [-0.1, -0.05) is 0 Å². The van der Waals surface area contributed by atoms with E-state index in [4.69, 9.17) is 5.73 Å². The van der Waals surface area contributed by atoms with Gasteiger partial charge >= 0.3 is 0 Å². The van der Waals surface area contributed by atoms with Crippen LogP contribution in [-0.4, -0.2) is 66.2 Å². The molecule has 1 amide bonds. The minimum atomic E-state index is -2.08. The predicted octanol–water partition coefficient (Wildman–Crippen LogP) is -1.55. The van der Waals surface area contributed by atoms with Gasteiger partial charge in [0.1, 0.15) is 17.4 Å². The largest absolute Gasteiger partial charge is 0.390 e. The summed E-state index contributed by atoms with van der Waals surface area (Å²) in [7, 11) is 0. The Morgan fingerprint density at radius 3 is 2.42 bits per heavy atom. The van der Waals surface area contributed by atoms with E-state index in [2.05, 4.69) is 10.2 Å². The average molecular weight is 335 g/mol. The summed E-state index contributed by atoms with van der Waals surface area (Å²) in [5, 5.41) is 46.4. The molecule has 0 aliphatic heterocycles. The summed E-state index contributed by atoms with van der Waals surface area (Å²) in [5.74, 6) is -1.50. The van der Waals surface area contributed by atoms with E-state index in [0.29, 0.717) is 10.9 Å². The fourth-order valence-electron chi connectivity index (χ4n) is 3.02. The first-order valence-electron chi connectivity index (χ1n) is 7.32. The highest BCUT2D eigenvalue weighted by Crippen LogP contribution is 2.33. The van der Waals surface area contributed by atoms with Gasteiger partial charge in [-0.2, -0.15) is 5.10 Å². The lowest BCUT2D eigenvalue weighted by atomic mass is 9.76. The van der Waals surface area contributed by atoms with Gasteiger partial charge < -0.3 is 26.2 Å². The van der Waals surface area contributed by atoms with Crippen molar-refractivity contribution in [3.05, 3.63) is 29.5 Å². The van der Waals surface area contributed by atoms with Gasteiger partial charge in [-0.05, 0) is 18.2 Å². The molecule has 0 bridgehead atoms. The maximum atomic E-state index is 12.7. The van der Waals surface area contributed by atoms with Crippen molar-refractivity contribution < 1.29 is 30.0 Å². The first-order valence-corrected chi connectivity index (χ1v) is 7.32. The number of primary amides is 1. The number of carbonyl (C=O) groups is 2. The van der Waals surface area contributed by atoms with Crippen molar-refractivity contribution in [2.75, 3.05) is 0 Å². The average Bonchev–Trinajstić information content (AvgIpc) is 2.94. The standard InChI is InChI=1S/C15H17N3O6/c16-14(23)6-1-2-8-7(3-6)11(18-17-8)13(22)15(24)4-9(19)12(21)10(20)5-15/h1-3,9-10,12,19-21,24H,4-5H2,(H2,16,23)(H,17,18)/t9-,10-,12?,15?/m1/s1. The lowest BCUT2D eigenvalue weighted by molar-refractivity contribution is -0.139. The molecule has 0 radical (unpaired) electrons. The number of aliphatic hydroxyl groups is 4. The van der Waals surface area contributed by atoms with Gasteiger partial charge in [0.15, 0.2) is 0 Å². The molecule has 1 fully saturated rings. The van der Waals surface area contributed by atoms with Crippen LogP contribution in [-0.2, 0) is 0 Å². The topological polar surface area (TPSA) is 170 Å². The molecule has 9 heteroatoms. The third-order valence-corrected chi connectivity index (χ3v) is 4.37. The molecule has 3 rings (SSSR count). The number of benzene rings is 1.